The van der Waals surface area contributed by atoms with Crippen molar-refractivity contribution in [3.05, 3.63) is 23.8 Å². The lowest BCUT2D eigenvalue weighted by atomic mass is 10.1. The van der Waals surface area contributed by atoms with Crippen molar-refractivity contribution in [1.82, 2.24) is 4.90 Å². The van der Waals surface area contributed by atoms with Crippen LogP contribution in [0.1, 0.15) is 38.9 Å². The summed E-state index contributed by atoms with van der Waals surface area (Å²) in [6, 6.07) is 5.46. The van der Waals surface area contributed by atoms with Crippen molar-refractivity contribution in [2.45, 2.75) is 33.3 Å². The zero-order valence-electron chi connectivity index (χ0n) is 14.0. The minimum absolute atomic E-state index is 0.138. The Labute approximate surface area is 133 Å². The van der Waals surface area contributed by atoms with E-state index in [2.05, 4.69) is 18.7 Å². The van der Waals surface area contributed by atoms with Gasteiger partial charge in [0.15, 0.2) is 0 Å². The van der Waals surface area contributed by atoms with Gasteiger partial charge in [0.2, 0.25) is 0 Å². The summed E-state index contributed by atoms with van der Waals surface area (Å²) in [4.78, 5) is 2.10. The second-order valence-electron chi connectivity index (χ2n) is 5.96. The van der Waals surface area contributed by atoms with E-state index in [1.807, 2.05) is 19.1 Å². The van der Waals surface area contributed by atoms with Gasteiger partial charge >= 0.3 is 0 Å². The van der Waals surface area contributed by atoms with Gasteiger partial charge in [0.05, 0.1) is 25.0 Å². The molecule has 126 valence electrons. The average molecular weight is 310 g/mol. The highest BCUT2D eigenvalue weighted by Crippen LogP contribution is 2.27. The molecule has 22 heavy (non-hydrogen) atoms. The predicted octanol–water partition coefficient (Wildman–Crippen LogP) is 2.04. The molecule has 0 aliphatic carbocycles. The second-order valence-corrected chi connectivity index (χ2v) is 5.96. The van der Waals surface area contributed by atoms with E-state index in [1.54, 1.807) is 6.07 Å². The van der Waals surface area contributed by atoms with Crippen LogP contribution in [-0.4, -0.2) is 48.0 Å². The van der Waals surface area contributed by atoms with Gasteiger partial charge < -0.3 is 25.6 Å². The summed E-state index contributed by atoms with van der Waals surface area (Å²) in [5.74, 6) is 1.11. The Kier molecular flexibility index (Phi) is 8.24. The second kappa shape index (κ2) is 9.66. The molecular formula is C17H30N2O3. The number of ether oxygens (including phenoxy) is 1. The number of likely N-dealkylation sites (N-methyl/N-ethyl adjacent to an activating group) is 1. The van der Waals surface area contributed by atoms with Gasteiger partial charge in [0.25, 0.3) is 0 Å². The van der Waals surface area contributed by atoms with Crippen LogP contribution in [0.4, 0.5) is 5.69 Å². The molecule has 0 saturated heterocycles. The topological polar surface area (TPSA) is 79.0 Å². The fourth-order valence-electron chi connectivity index (χ4n) is 2.20. The maximum atomic E-state index is 10.3. The van der Waals surface area contributed by atoms with Crippen LogP contribution in [0.5, 0.6) is 5.75 Å². The third-order valence-corrected chi connectivity index (χ3v) is 3.57. The normalized spacial score (nSPS) is 12.9. The van der Waals surface area contributed by atoms with Gasteiger partial charge in [-0.05, 0) is 36.6 Å². The predicted molar refractivity (Wildman–Crippen MR) is 90.0 cm³/mol. The van der Waals surface area contributed by atoms with E-state index in [4.69, 9.17) is 15.6 Å². The molecular weight excluding hydrogens is 280 g/mol. The number of aliphatic hydroxyl groups is 2. The van der Waals surface area contributed by atoms with Crippen molar-refractivity contribution in [1.29, 1.82) is 0 Å². The smallest absolute Gasteiger partial charge is 0.142 e. The van der Waals surface area contributed by atoms with Crippen molar-refractivity contribution in [2.75, 3.05) is 38.6 Å². The number of nitrogens with two attached hydrogens (primary N) is 1. The molecule has 5 nitrogen and oxygen atoms in total. The first kappa shape index (κ1) is 18.7. The van der Waals surface area contributed by atoms with Gasteiger partial charge in [-0.3, -0.25) is 0 Å². The van der Waals surface area contributed by atoms with E-state index >= 15 is 0 Å². The summed E-state index contributed by atoms with van der Waals surface area (Å²) in [5, 5.41) is 19.3. The Balaban J connectivity index is 2.58. The highest BCUT2D eigenvalue weighted by Gasteiger charge is 2.12. The number of nitrogen functional groups attached to an aromatic ring is 1. The monoisotopic (exact) mass is 310 g/mol. The van der Waals surface area contributed by atoms with Crippen LogP contribution in [0.3, 0.4) is 0 Å². The number of nitrogens with zero attached hydrogens (tertiary/aromatic N) is 1. The first-order valence-electron chi connectivity index (χ1n) is 8.01. The molecule has 0 spiro atoms. The number of aliphatic hydroxyl groups excluding tert-OH is 2. The first-order chi connectivity index (χ1) is 10.5. The zero-order valence-corrected chi connectivity index (χ0v) is 14.0. The Hall–Kier alpha value is -1.30. The highest BCUT2D eigenvalue weighted by molar-refractivity contribution is 5.54. The molecule has 1 aromatic carbocycles. The molecule has 1 aromatic rings. The lowest BCUT2D eigenvalue weighted by molar-refractivity contribution is 0.133. The fourth-order valence-corrected chi connectivity index (χ4v) is 2.20. The summed E-state index contributed by atoms with van der Waals surface area (Å²) in [6.45, 7) is 9.20. The van der Waals surface area contributed by atoms with Crippen molar-refractivity contribution >= 4 is 5.69 Å². The van der Waals surface area contributed by atoms with Gasteiger partial charge in [0.1, 0.15) is 5.75 Å². The quantitative estimate of drug-likeness (QED) is 0.576. The molecule has 1 atom stereocenters. The summed E-state index contributed by atoms with van der Waals surface area (Å²) in [5.41, 5.74) is 7.35. The molecule has 0 radical (unpaired) electrons. The molecule has 0 amide bonds. The largest absolute Gasteiger partial charge is 0.491 e. The van der Waals surface area contributed by atoms with Crippen LogP contribution in [0.2, 0.25) is 0 Å². The minimum atomic E-state index is -0.561. The first-order valence-corrected chi connectivity index (χ1v) is 8.01. The van der Waals surface area contributed by atoms with Gasteiger partial charge in [0, 0.05) is 13.1 Å². The molecule has 0 aliphatic rings. The van der Waals surface area contributed by atoms with E-state index in [0.29, 0.717) is 36.9 Å². The van der Waals surface area contributed by atoms with E-state index in [9.17, 15) is 5.11 Å². The number of hydrogen-bond acceptors (Lipinski definition) is 5. The number of hydrogen-bond donors (Lipinski definition) is 3. The lowest BCUT2D eigenvalue weighted by Gasteiger charge is -2.21. The number of rotatable bonds is 10. The van der Waals surface area contributed by atoms with E-state index in [0.717, 1.165) is 18.7 Å². The van der Waals surface area contributed by atoms with Crippen molar-refractivity contribution in [3.63, 3.8) is 0 Å². The Bertz CT molecular complexity index is 438. The summed E-state index contributed by atoms with van der Waals surface area (Å²) in [7, 11) is 0. The molecule has 0 aliphatic heterocycles. The van der Waals surface area contributed by atoms with Crippen molar-refractivity contribution in [2.24, 2.45) is 5.92 Å². The van der Waals surface area contributed by atoms with Gasteiger partial charge in [-0.2, -0.15) is 0 Å². The Morgan fingerprint density at radius 1 is 1.27 bits per heavy atom. The molecule has 5 heteroatoms. The van der Waals surface area contributed by atoms with E-state index in [1.165, 1.54) is 0 Å². The molecule has 4 N–H and O–H groups in total. The minimum Gasteiger partial charge on any atom is -0.491 e. The van der Waals surface area contributed by atoms with Crippen molar-refractivity contribution < 1.29 is 14.9 Å². The highest BCUT2D eigenvalue weighted by atomic mass is 16.5. The maximum absolute atomic E-state index is 10.3. The van der Waals surface area contributed by atoms with E-state index in [-0.39, 0.29) is 6.61 Å². The third kappa shape index (κ3) is 6.22. The molecule has 0 aromatic heterocycles. The fraction of sp³-hybridized carbons (Fsp3) is 0.647. The average Bonchev–Trinajstić information content (AvgIpc) is 2.49. The Morgan fingerprint density at radius 2 is 2.00 bits per heavy atom. The molecule has 1 unspecified atom stereocenters. The SMILES string of the molecule is CCN(CCO)CCC(O)c1ccc(OCC(C)C)c(N)c1. The van der Waals surface area contributed by atoms with Crippen molar-refractivity contribution in [3.8, 4) is 5.75 Å². The van der Waals surface area contributed by atoms with Crippen LogP contribution in [0.25, 0.3) is 0 Å². The lowest BCUT2D eigenvalue weighted by Crippen LogP contribution is -2.28. The maximum Gasteiger partial charge on any atom is 0.142 e. The van der Waals surface area contributed by atoms with Gasteiger partial charge in [-0.1, -0.05) is 26.8 Å². The number of benzene rings is 1. The summed E-state index contributed by atoms with van der Waals surface area (Å²) < 4.78 is 5.64. The standard InChI is InChI=1S/C17H30N2O3/c1-4-19(9-10-20)8-7-16(21)14-5-6-17(15(18)11-14)22-12-13(2)3/h5-6,11,13,16,20-21H,4,7-10,12,18H2,1-3H3. The van der Waals surface area contributed by atoms with Crippen LogP contribution in [0.15, 0.2) is 18.2 Å². The van der Waals surface area contributed by atoms with E-state index < -0.39 is 6.10 Å². The summed E-state index contributed by atoms with van der Waals surface area (Å²) in [6.07, 6.45) is 0.0497. The number of anilines is 1. The molecule has 0 bridgehead atoms. The zero-order chi connectivity index (χ0) is 16.5. The summed E-state index contributed by atoms with van der Waals surface area (Å²) >= 11 is 0. The Morgan fingerprint density at radius 3 is 2.55 bits per heavy atom. The molecule has 0 saturated carbocycles. The molecule has 1 rings (SSSR count). The van der Waals surface area contributed by atoms with Crippen LogP contribution in [-0.2, 0) is 0 Å². The van der Waals surface area contributed by atoms with Crippen LogP contribution in [0, 0.1) is 5.92 Å². The van der Waals surface area contributed by atoms with Gasteiger partial charge in [-0.15, -0.1) is 0 Å². The third-order valence-electron chi connectivity index (χ3n) is 3.57. The van der Waals surface area contributed by atoms with Crippen LogP contribution >= 0.6 is 0 Å². The molecule has 0 heterocycles. The van der Waals surface area contributed by atoms with Crippen LogP contribution < -0.4 is 10.5 Å². The van der Waals surface area contributed by atoms with Gasteiger partial charge in [-0.25, -0.2) is 0 Å². The molecule has 0 fully saturated rings.